The number of thioether (sulfide) groups is 1. The summed E-state index contributed by atoms with van der Waals surface area (Å²) in [5, 5.41) is 13.8. The van der Waals surface area contributed by atoms with Crippen molar-refractivity contribution in [3.8, 4) is 5.69 Å². The maximum Gasteiger partial charge on any atom is 0.313 e. The van der Waals surface area contributed by atoms with Crippen molar-refractivity contribution in [2.45, 2.75) is 18.9 Å². The minimum atomic E-state index is -0.883. The molecule has 0 saturated heterocycles. The van der Waals surface area contributed by atoms with Crippen LogP contribution in [0.1, 0.15) is 11.3 Å². The Morgan fingerprint density at radius 1 is 1.42 bits per heavy atom. The van der Waals surface area contributed by atoms with Crippen LogP contribution in [0, 0.1) is 19.7 Å². The van der Waals surface area contributed by atoms with Crippen molar-refractivity contribution in [1.82, 2.24) is 9.78 Å². The summed E-state index contributed by atoms with van der Waals surface area (Å²) in [5.41, 5.74) is 2.29. The summed E-state index contributed by atoms with van der Waals surface area (Å²) in [6.45, 7) is 3.63. The van der Waals surface area contributed by atoms with Gasteiger partial charge in [0, 0.05) is 0 Å². The maximum atomic E-state index is 13.1. The van der Waals surface area contributed by atoms with Gasteiger partial charge in [0.2, 0.25) is 0 Å². The van der Waals surface area contributed by atoms with Crippen LogP contribution in [0.15, 0.2) is 29.3 Å². The Kier molecular flexibility index (Phi) is 3.90. The molecule has 1 aromatic carbocycles. The number of aromatic nitrogens is 2. The van der Waals surface area contributed by atoms with E-state index in [1.165, 1.54) is 23.9 Å². The summed E-state index contributed by atoms with van der Waals surface area (Å²) in [6.07, 6.45) is 0. The molecule has 1 N–H and O–H groups in total. The minimum Gasteiger partial charge on any atom is -0.481 e. The predicted octanol–water partition coefficient (Wildman–Crippen LogP) is 2.80. The molecule has 0 fully saturated rings. The molecular weight excluding hydrogens is 267 g/mol. The highest BCUT2D eigenvalue weighted by Gasteiger charge is 2.12. The van der Waals surface area contributed by atoms with Gasteiger partial charge in [-0.2, -0.15) is 5.10 Å². The average Bonchev–Trinajstić information content (AvgIpc) is 2.67. The summed E-state index contributed by atoms with van der Waals surface area (Å²) in [7, 11) is 0. The van der Waals surface area contributed by atoms with Gasteiger partial charge in [-0.15, -0.1) is 0 Å². The molecule has 0 saturated carbocycles. The number of aliphatic carboxylic acids is 1. The van der Waals surface area contributed by atoms with E-state index in [1.54, 1.807) is 17.7 Å². The minimum absolute atomic E-state index is 0.0363. The van der Waals surface area contributed by atoms with Gasteiger partial charge < -0.3 is 5.11 Å². The van der Waals surface area contributed by atoms with Crippen molar-refractivity contribution in [2.24, 2.45) is 0 Å². The molecule has 0 amide bonds. The Morgan fingerprint density at radius 3 is 2.79 bits per heavy atom. The standard InChI is InChI=1S/C13H13FN2O2S/c1-8-5-10(14)3-4-11(8)16-12(6-9(2)15-16)19-7-13(17)18/h3-6H,7H2,1-2H3,(H,17,18). The molecule has 2 aromatic rings. The van der Waals surface area contributed by atoms with Gasteiger partial charge in [-0.25, -0.2) is 9.07 Å². The highest BCUT2D eigenvalue weighted by molar-refractivity contribution is 7.99. The zero-order valence-corrected chi connectivity index (χ0v) is 11.4. The summed E-state index contributed by atoms with van der Waals surface area (Å²) in [4.78, 5) is 10.6. The number of benzene rings is 1. The summed E-state index contributed by atoms with van der Waals surface area (Å²) in [6, 6.07) is 6.25. The molecule has 0 aliphatic heterocycles. The first-order chi connectivity index (χ1) is 8.97. The Balaban J connectivity index is 2.40. The second-order valence-corrected chi connectivity index (χ2v) is 5.14. The van der Waals surface area contributed by atoms with Crippen molar-refractivity contribution in [3.05, 3.63) is 41.3 Å². The summed E-state index contributed by atoms with van der Waals surface area (Å²) in [5.74, 6) is -1.22. The van der Waals surface area contributed by atoms with Crippen LogP contribution >= 0.6 is 11.8 Å². The third-order valence-corrected chi connectivity index (χ3v) is 3.51. The van der Waals surface area contributed by atoms with E-state index in [4.69, 9.17) is 5.11 Å². The highest BCUT2D eigenvalue weighted by atomic mass is 32.2. The highest BCUT2D eigenvalue weighted by Crippen LogP contribution is 2.25. The third-order valence-electron chi connectivity index (χ3n) is 2.53. The summed E-state index contributed by atoms with van der Waals surface area (Å²) < 4.78 is 14.8. The molecule has 100 valence electrons. The molecule has 0 aliphatic rings. The van der Waals surface area contributed by atoms with E-state index in [9.17, 15) is 9.18 Å². The average molecular weight is 280 g/mol. The molecule has 0 aliphatic carbocycles. The van der Waals surface area contributed by atoms with Gasteiger partial charge in [0.05, 0.1) is 17.1 Å². The van der Waals surface area contributed by atoms with Crippen LogP contribution in [0.2, 0.25) is 0 Å². The lowest BCUT2D eigenvalue weighted by atomic mass is 10.2. The molecule has 1 aromatic heterocycles. The van der Waals surface area contributed by atoms with E-state index in [0.717, 1.165) is 22.0 Å². The van der Waals surface area contributed by atoms with Gasteiger partial charge in [0.25, 0.3) is 0 Å². The first-order valence-electron chi connectivity index (χ1n) is 5.65. The quantitative estimate of drug-likeness (QED) is 0.875. The third kappa shape index (κ3) is 3.14. The fourth-order valence-electron chi connectivity index (χ4n) is 1.74. The first-order valence-corrected chi connectivity index (χ1v) is 6.63. The smallest absolute Gasteiger partial charge is 0.313 e. The van der Waals surface area contributed by atoms with E-state index in [1.807, 2.05) is 13.0 Å². The molecule has 6 heteroatoms. The van der Waals surface area contributed by atoms with Crippen molar-refractivity contribution in [2.75, 3.05) is 5.75 Å². The van der Waals surface area contributed by atoms with Gasteiger partial charge in [0.15, 0.2) is 0 Å². The fraction of sp³-hybridized carbons (Fsp3) is 0.231. The van der Waals surface area contributed by atoms with Gasteiger partial charge in [-0.3, -0.25) is 4.79 Å². The fourth-order valence-corrected chi connectivity index (χ4v) is 2.53. The van der Waals surface area contributed by atoms with Crippen molar-refractivity contribution < 1.29 is 14.3 Å². The van der Waals surface area contributed by atoms with Gasteiger partial charge >= 0.3 is 5.97 Å². The zero-order chi connectivity index (χ0) is 14.0. The van der Waals surface area contributed by atoms with Crippen LogP contribution in [0.4, 0.5) is 4.39 Å². The monoisotopic (exact) mass is 280 g/mol. The molecule has 1 heterocycles. The van der Waals surface area contributed by atoms with Gasteiger partial charge in [-0.1, -0.05) is 11.8 Å². The number of carboxylic acid groups (broad SMARTS) is 1. The van der Waals surface area contributed by atoms with E-state index in [2.05, 4.69) is 5.10 Å². The number of carboxylic acids is 1. The van der Waals surface area contributed by atoms with Crippen LogP contribution in [-0.4, -0.2) is 26.6 Å². The number of aryl methyl sites for hydroxylation is 2. The van der Waals surface area contributed by atoms with Gasteiger partial charge in [-0.05, 0) is 43.7 Å². The lowest BCUT2D eigenvalue weighted by Gasteiger charge is -2.09. The molecule has 2 rings (SSSR count). The first kappa shape index (κ1) is 13.6. The van der Waals surface area contributed by atoms with Crippen LogP contribution < -0.4 is 0 Å². The number of carbonyl (C=O) groups is 1. The van der Waals surface area contributed by atoms with Crippen molar-refractivity contribution >= 4 is 17.7 Å². The molecule has 0 atom stereocenters. The van der Waals surface area contributed by atoms with E-state index >= 15 is 0 Å². The lowest BCUT2D eigenvalue weighted by Crippen LogP contribution is -2.04. The van der Waals surface area contributed by atoms with Crippen LogP contribution in [-0.2, 0) is 4.79 Å². The number of rotatable bonds is 4. The van der Waals surface area contributed by atoms with E-state index in [0.29, 0.717) is 0 Å². The van der Waals surface area contributed by atoms with Crippen LogP contribution in [0.25, 0.3) is 5.69 Å². The summed E-state index contributed by atoms with van der Waals surface area (Å²) >= 11 is 1.19. The largest absolute Gasteiger partial charge is 0.481 e. The zero-order valence-electron chi connectivity index (χ0n) is 10.6. The Labute approximate surface area is 114 Å². The number of halogens is 1. The number of hydrogen-bond acceptors (Lipinski definition) is 3. The van der Waals surface area contributed by atoms with Gasteiger partial charge in [0.1, 0.15) is 10.8 Å². The SMILES string of the molecule is Cc1cc(SCC(=O)O)n(-c2ccc(F)cc2C)n1. The maximum absolute atomic E-state index is 13.1. The molecule has 4 nitrogen and oxygen atoms in total. The number of nitrogens with zero attached hydrogens (tertiary/aromatic N) is 2. The Bertz CT molecular complexity index is 625. The second kappa shape index (κ2) is 5.44. The van der Waals surface area contributed by atoms with E-state index < -0.39 is 5.97 Å². The van der Waals surface area contributed by atoms with E-state index in [-0.39, 0.29) is 11.6 Å². The molecular formula is C13H13FN2O2S. The normalized spacial score (nSPS) is 10.7. The second-order valence-electron chi connectivity index (χ2n) is 4.15. The molecule has 0 spiro atoms. The topological polar surface area (TPSA) is 55.1 Å². The van der Waals surface area contributed by atoms with Crippen LogP contribution in [0.3, 0.4) is 0 Å². The number of hydrogen-bond donors (Lipinski definition) is 1. The molecule has 0 bridgehead atoms. The van der Waals surface area contributed by atoms with Crippen LogP contribution in [0.5, 0.6) is 0 Å². The molecule has 0 radical (unpaired) electrons. The predicted molar refractivity (Wildman–Crippen MR) is 71.4 cm³/mol. The molecule has 19 heavy (non-hydrogen) atoms. The Hall–Kier alpha value is -1.82. The Morgan fingerprint density at radius 2 is 2.16 bits per heavy atom. The van der Waals surface area contributed by atoms with Crippen molar-refractivity contribution in [3.63, 3.8) is 0 Å². The molecule has 0 unspecified atom stereocenters. The van der Waals surface area contributed by atoms with Crippen molar-refractivity contribution in [1.29, 1.82) is 0 Å². The lowest BCUT2D eigenvalue weighted by molar-refractivity contribution is -0.133.